The SMILES string of the molecule is C=CC(=O)C1CCN(c2ccc(C(N)=O)c(Nc3ccc(OC)cc3)n2)C1N. The van der Waals surface area contributed by atoms with Crippen molar-refractivity contribution >= 4 is 29.0 Å². The van der Waals surface area contributed by atoms with Gasteiger partial charge in [0.25, 0.3) is 5.91 Å². The van der Waals surface area contributed by atoms with Crippen molar-refractivity contribution in [2.24, 2.45) is 17.4 Å². The van der Waals surface area contributed by atoms with Crippen molar-refractivity contribution in [3.8, 4) is 5.75 Å². The number of ether oxygens (including phenoxy) is 1. The molecule has 1 aromatic heterocycles. The number of anilines is 3. The van der Waals surface area contributed by atoms with Gasteiger partial charge < -0.3 is 26.4 Å². The number of hydrogen-bond acceptors (Lipinski definition) is 7. The molecule has 0 radical (unpaired) electrons. The lowest BCUT2D eigenvalue weighted by atomic mass is 10.0. The monoisotopic (exact) mass is 381 g/mol. The summed E-state index contributed by atoms with van der Waals surface area (Å²) in [5.74, 6) is 0.589. The zero-order valence-corrected chi connectivity index (χ0v) is 15.6. The lowest BCUT2D eigenvalue weighted by molar-refractivity contribution is -0.118. The molecule has 0 bridgehead atoms. The minimum Gasteiger partial charge on any atom is -0.497 e. The van der Waals surface area contributed by atoms with E-state index in [1.54, 1.807) is 43.5 Å². The Morgan fingerprint density at radius 1 is 1.29 bits per heavy atom. The van der Waals surface area contributed by atoms with Crippen LogP contribution in [-0.4, -0.2) is 36.5 Å². The van der Waals surface area contributed by atoms with Crippen LogP contribution in [0.1, 0.15) is 16.8 Å². The molecule has 1 aliphatic rings. The lowest BCUT2D eigenvalue weighted by Gasteiger charge is -2.25. The number of hydrogen-bond donors (Lipinski definition) is 3. The van der Waals surface area contributed by atoms with Gasteiger partial charge >= 0.3 is 0 Å². The summed E-state index contributed by atoms with van der Waals surface area (Å²) in [5, 5.41) is 3.11. The smallest absolute Gasteiger partial charge is 0.252 e. The Labute approximate surface area is 163 Å². The number of pyridine rings is 1. The first kappa shape index (κ1) is 19.4. The van der Waals surface area contributed by atoms with Gasteiger partial charge in [-0.05, 0) is 48.9 Å². The molecular weight excluding hydrogens is 358 g/mol. The maximum Gasteiger partial charge on any atom is 0.252 e. The van der Waals surface area contributed by atoms with Crippen LogP contribution in [0, 0.1) is 5.92 Å². The number of allylic oxidation sites excluding steroid dienone is 1. The molecule has 1 amide bonds. The maximum atomic E-state index is 12.0. The van der Waals surface area contributed by atoms with Crippen LogP contribution in [0.15, 0.2) is 49.1 Å². The number of amides is 1. The fourth-order valence-corrected chi connectivity index (χ4v) is 3.26. The summed E-state index contributed by atoms with van der Waals surface area (Å²) < 4.78 is 5.15. The maximum absolute atomic E-state index is 12.0. The van der Waals surface area contributed by atoms with E-state index in [0.29, 0.717) is 30.4 Å². The molecule has 1 saturated heterocycles. The van der Waals surface area contributed by atoms with Crippen LogP contribution >= 0.6 is 0 Å². The number of methoxy groups -OCH3 is 1. The van der Waals surface area contributed by atoms with Crippen LogP contribution in [0.4, 0.5) is 17.3 Å². The first-order chi connectivity index (χ1) is 13.4. The molecule has 2 unspecified atom stereocenters. The highest BCUT2D eigenvalue weighted by atomic mass is 16.5. The number of carbonyl (C=O) groups excluding carboxylic acids is 2. The topological polar surface area (TPSA) is 124 Å². The molecule has 1 aromatic carbocycles. The Kier molecular flexibility index (Phi) is 5.60. The van der Waals surface area contributed by atoms with E-state index in [1.807, 2.05) is 4.90 Å². The molecule has 5 N–H and O–H groups in total. The summed E-state index contributed by atoms with van der Waals surface area (Å²) in [7, 11) is 1.59. The normalized spacial score (nSPS) is 18.6. The number of nitrogens with zero attached hydrogens (tertiary/aromatic N) is 2. The van der Waals surface area contributed by atoms with Gasteiger partial charge in [0.2, 0.25) is 0 Å². The molecule has 146 valence electrons. The van der Waals surface area contributed by atoms with E-state index < -0.39 is 12.1 Å². The molecule has 2 atom stereocenters. The number of carbonyl (C=O) groups is 2. The zero-order chi connectivity index (χ0) is 20.3. The summed E-state index contributed by atoms with van der Waals surface area (Å²) in [6.07, 6.45) is 1.41. The summed E-state index contributed by atoms with van der Waals surface area (Å²) in [4.78, 5) is 30.2. The van der Waals surface area contributed by atoms with Crippen LogP contribution in [0.25, 0.3) is 0 Å². The largest absolute Gasteiger partial charge is 0.497 e. The van der Waals surface area contributed by atoms with Crippen molar-refractivity contribution < 1.29 is 14.3 Å². The van der Waals surface area contributed by atoms with Crippen molar-refractivity contribution in [2.75, 3.05) is 23.9 Å². The Bertz CT molecular complexity index is 897. The molecule has 0 spiro atoms. The fraction of sp³-hybridized carbons (Fsp3) is 0.250. The van der Waals surface area contributed by atoms with E-state index in [-0.39, 0.29) is 17.3 Å². The van der Waals surface area contributed by atoms with E-state index in [9.17, 15) is 9.59 Å². The van der Waals surface area contributed by atoms with Crippen molar-refractivity contribution in [1.82, 2.24) is 4.98 Å². The van der Waals surface area contributed by atoms with Gasteiger partial charge in [-0.15, -0.1) is 0 Å². The molecule has 0 saturated carbocycles. The Hall–Kier alpha value is -3.39. The van der Waals surface area contributed by atoms with Gasteiger partial charge in [0.15, 0.2) is 5.78 Å². The molecule has 1 aliphatic heterocycles. The van der Waals surface area contributed by atoms with E-state index in [1.165, 1.54) is 6.08 Å². The number of primary amides is 1. The van der Waals surface area contributed by atoms with Gasteiger partial charge in [-0.3, -0.25) is 9.59 Å². The highest BCUT2D eigenvalue weighted by molar-refractivity contribution is 5.98. The van der Waals surface area contributed by atoms with Crippen molar-refractivity contribution in [2.45, 2.75) is 12.6 Å². The third kappa shape index (κ3) is 3.81. The van der Waals surface area contributed by atoms with Crippen LogP contribution in [0.2, 0.25) is 0 Å². The Balaban J connectivity index is 1.90. The summed E-state index contributed by atoms with van der Waals surface area (Å²) in [5.41, 5.74) is 12.7. The molecule has 8 nitrogen and oxygen atoms in total. The summed E-state index contributed by atoms with van der Waals surface area (Å²) in [6.45, 7) is 4.11. The van der Waals surface area contributed by atoms with Crippen LogP contribution < -0.4 is 26.4 Å². The number of nitrogens with one attached hydrogen (secondary N) is 1. The minimum absolute atomic E-state index is 0.0830. The molecule has 2 heterocycles. The van der Waals surface area contributed by atoms with E-state index in [0.717, 1.165) is 5.69 Å². The molecule has 28 heavy (non-hydrogen) atoms. The molecule has 3 rings (SSSR count). The van der Waals surface area contributed by atoms with Crippen molar-refractivity contribution in [3.05, 3.63) is 54.6 Å². The molecule has 2 aromatic rings. The summed E-state index contributed by atoms with van der Waals surface area (Å²) >= 11 is 0. The number of aromatic nitrogens is 1. The van der Waals surface area contributed by atoms with E-state index >= 15 is 0 Å². The van der Waals surface area contributed by atoms with Gasteiger partial charge in [0, 0.05) is 12.2 Å². The number of ketones is 1. The number of benzene rings is 1. The first-order valence-corrected chi connectivity index (χ1v) is 8.85. The second-order valence-corrected chi connectivity index (χ2v) is 6.47. The van der Waals surface area contributed by atoms with Crippen LogP contribution in [-0.2, 0) is 4.79 Å². The van der Waals surface area contributed by atoms with Crippen LogP contribution in [0.3, 0.4) is 0 Å². The predicted molar refractivity (Wildman–Crippen MR) is 108 cm³/mol. The van der Waals surface area contributed by atoms with Gasteiger partial charge in [-0.25, -0.2) is 4.98 Å². The second-order valence-electron chi connectivity index (χ2n) is 6.47. The second kappa shape index (κ2) is 8.10. The molecule has 0 aliphatic carbocycles. The predicted octanol–water partition coefficient (Wildman–Crippen LogP) is 1.80. The Morgan fingerprint density at radius 3 is 2.61 bits per heavy atom. The van der Waals surface area contributed by atoms with Gasteiger partial charge in [-0.2, -0.15) is 0 Å². The minimum atomic E-state index is -0.597. The number of nitrogens with two attached hydrogens (primary N) is 2. The van der Waals surface area contributed by atoms with Crippen molar-refractivity contribution in [3.63, 3.8) is 0 Å². The average molecular weight is 381 g/mol. The quantitative estimate of drug-likeness (QED) is 0.625. The summed E-state index contributed by atoms with van der Waals surface area (Å²) in [6, 6.07) is 10.5. The first-order valence-electron chi connectivity index (χ1n) is 8.85. The van der Waals surface area contributed by atoms with E-state index in [2.05, 4.69) is 16.9 Å². The van der Waals surface area contributed by atoms with Crippen LogP contribution in [0.5, 0.6) is 5.75 Å². The van der Waals surface area contributed by atoms with Crippen molar-refractivity contribution in [1.29, 1.82) is 0 Å². The molecule has 8 heteroatoms. The van der Waals surface area contributed by atoms with Gasteiger partial charge in [0.05, 0.1) is 24.8 Å². The Morgan fingerprint density at radius 2 is 2.00 bits per heavy atom. The standard InChI is InChI=1S/C20H23N5O3/c1-3-16(26)14-10-11-25(18(14)21)17-9-8-15(19(22)27)20(24-17)23-12-4-6-13(28-2)7-5-12/h3-9,14,18H,1,10-11,21H2,2H3,(H2,22,27)(H,23,24). The fourth-order valence-electron chi connectivity index (χ4n) is 3.26. The zero-order valence-electron chi connectivity index (χ0n) is 15.6. The molecular formula is C20H23N5O3. The lowest BCUT2D eigenvalue weighted by Crippen LogP contribution is -2.43. The third-order valence-electron chi connectivity index (χ3n) is 4.81. The van der Waals surface area contributed by atoms with E-state index in [4.69, 9.17) is 16.2 Å². The van der Waals surface area contributed by atoms with Gasteiger partial charge in [-0.1, -0.05) is 6.58 Å². The average Bonchev–Trinajstić information content (AvgIpc) is 3.09. The number of rotatable bonds is 7. The third-order valence-corrected chi connectivity index (χ3v) is 4.81. The molecule has 1 fully saturated rings. The highest BCUT2D eigenvalue weighted by Crippen LogP contribution is 2.30. The van der Waals surface area contributed by atoms with Gasteiger partial charge in [0.1, 0.15) is 17.4 Å². The highest BCUT2D eigenvalue weighted by Gasteiger charge is 2.35.